The van der Waals surface area contributed by atoms with Gasteiger partial charge in [-0.3, -0.25) is 0 Å². The van der Waals surface area contributed by atoms with Gasteiger partial charge in [-0.1, -0.05) is 71.8 Å². The zero-order valence-corrected chi connectivity index (χ0v) is 18.8. The van der Waals surface area contributed by atoms with Crippen LogP contribution in [-0.4, -0.2) is 35.7 Å². The lowest BCUT2D eigenvalue weighted by molar-refractivity contribution is 0.216. The van der Waals surface area contributed by atoms with E-state index in [2.05, 4.69) is 58.9 Å². The smallest absolute Gasteiger partial charge is 0.158 e. The fraction of sp³-hybridized carbons (Fsp3) is 1.00. The minimum Gasteiger partial charge on any atom is -0.423 e. The van der Waals surface area contributed by atoms with Gasteiger partial charge in [-0.05, 0) is 12.8 Å². The average Bonchev–Trinajstić information content (AvgIpc) is 2.59. The molecule has 0 amide bonds. The van der Waals surface area contributed by atoms with Crippen molar-refractivity contribution in [1.82, 2.24) is 0 Å². The summed E-state index contributed by atoms with van der Waals surface area (Å²) in [7, 11) is -3.71. The van der Waals surface area contributed by atoms with Crippen molar-refractivity contribution in [1.29, 1.82) is 0 Å². The van der Waals surface area contributed by atoms with Crippen LogP contribution in [0.5, 0.6) is 0 Å². The predicted octanol–water partition coefficient (Wildman–Crippen LogP) is 5.14. The lowest BCUT2D eigenvalue weighted by Crippen LogP contribution is -2.84. The van der Waals surface area contributed by atoms with Gasteiger partial charge in [0, 0.05) is 6.10 Å². The summed E-state index contributed by atoms with van der Waals surface area (Å²) in [5.41, 5.74) is 0. The molecular formula is C14H36OSi4. The minimum absolute atomic E-state index is 0.622. The molecule has 0 aromatic rings. The highest BCUT2D eigenvalue weighted by molar-refractivity contribution is 7.87. The Kier molecular flexibility index (Phi) is 5.22. The first-order valence-corrected chi connectivity index (χ1v) is 23.4. The molecule has 0 aromatic carbocycles. The molecule has 0 aromatic heterocycles. The maximum atomic E-state index is 7.22. The Morgan fingerprint density at radius 1 is 0.632 bits per heavy atom. The minimum atomic E-state index is -1.55. The summed E-state index contributed by atoms with van der Waals surface area (Å²) >= 11 is 0. The summed E-state index contributed by atoms with van der Waals surface area (Å²) < 4.78 is 7.22. The molecule has 0 atom stereocenters. The van der Waals surface area contributed by atoms with Crippen molar-refractivity contribution >= 4 is 29.6 Å². The molecule has 114 valence electrons. The van der Waals surface area contributed by atoms with Gasteiger partial charge in [-0.2, -0.15) is 0 Å². The molecule has 5 heteroatoms. The first kappa shape index (κ1) is 17.9. The summed E-state index contributed by atoms with van der Waals surface area (Å²) in [6.45, 7) is 22.0. The summed E-state index contributed by atoms with van der Waals surface area (Å²) in [6, 6.07) is 0. The van der Waals surface area contributed by atoms with E-state index >= 15 is 0 Å². The SMILES string of the molecule is C[Si](C)(C)[Si](OC1CCCC1)([Si](C)(C)C)[Si](C)(C)C. The highest BCUT2D eigenvalue weighted by atomic mass is 29.9. The van der Waals surface area contributed by atoms with E-state index in [0.29, 0.717) is 6.10 Å². The van der Waals surface area contributed by atoms with Crippen LogP contribution in [0.4, 0.5) is 0 Å². The van der Waals surface area contributed by atoms with Gasteiger partial charge in [0.1, 0.15) is 0 Å². The van der Waals surface area contributed by atoms with Gasteiger partial charge in [0.25, 0.3) is 0 Å². The topological polar surface area (TPSA) is 9.23 Å². The van der Waals surface area contributed by atoms with Crippen LogP contribution in [0.25, 0.3) is 0 Å². The molecule has 1 fully saturated rings. The molecule has 0 bridgehead atoms. The maximum Gasteiger partial charge on any atom is 0.158 e. The molecule has 19 heavy (non-hydrogen) atoms. The van der Waals surface area contributed by atoms with E-state index in [1.165, 1.54) is 25.7 Å². The lowest BCUT2D eigenvalue weighted by atomic mass is 10.3. The highest BCUT2D eigenvalue weighted by Crippen LogP contribution is 2.40. The molecule has 0 radical (unpaired) electrons. The van der Waals surface area contributed by atoms with Crippen molar-refractivity contribution in [3.63, 3.8) is 0 Å². The standard InChI is InChI=1S/C14H36OSi4/c1-16(2,3)19(17(4,5)6,18(7,8)9)15-14-12-10-11-13-14/h14H,10-13H2,1-9H3. The number of hydrogen-bond acceptors (Lipinski definition) is 1. The van der Waals surface area contributed by atoms with E-state index in [9.17, 15) is 0 Å². The number of rotatable bonds is 5. The van der Waals surface area contributed by atoms with E-state index in [0.717, 1.165) is 0 Å². The third kappa shape index (κ3) is 3.36. The molecule has 0 aliphatic heterocycles. The van der Waals surface area contributed by atoms with Crippen LogP contribution in [0.15, 0.2) is 0 Å². The molecule has 1 aliphatic carbocycles. The normalized spacial score (nSPS) is 20.1. The molecule has 0 N–H and O–H groups in total. The van der Waals surface area contributed by atoms with Crippen LogP contribution in [0.2, 0.25) is 58.9 Å². The lowest BCUT2D eigenvalue weighted by Gasteiger charge is -2.57. The van der Waals surface area contributed by atoms with Gasteiger partial charge < -0.3 is 4.43 Å². The van der Waals surface area contributed by atoms with E-state index in [1.807, 2.05) is 0 Å². The summed E-state index contributed by atoms with van der Waals surface area (Å²) in [4.78, 5) is 0. The Labute approximate surface area is 125 Å². The predicted molar refractivity (Wildman–Crippen MR) is 99.1 cm³/mol. The van der Waals surface area contributed by atoms with Crippen LogP contribution in [0.3, 0.4) is 0 Å². The quantitative estimate of drug-likeness (QED) is 0.633. The molecule has 0 unspecified atom stereocenters. The summed E-state index contributed by atoms with van der Waals surface area (Å²) in [5, 5.41) is 0. The Bertz CT molecular complexity index is 267. The van der Waals surface area contributed by atoms with Gasteiger partial charge in [-0.15, -0.1) is 0 Å². The second-order valence-corrected chi connectivity index (χ2v) is 48.9. The molecule has 1 aliphatic rings. The van der Waals surface area contributed by atoms with E-state index in [1.54, 1.807) is 0 Å². The molecule has 1 saturated carbocycles. The molecule has 0 spiro atoms. The third-order valence-electron chi connectivity index (χ3n) is 4.81. The Morgan fingerprint density at radius 3 is 1.21 bits per heavy atom. The third-order valence-corrected chi connectivity index (χ3v) is 72.4. The second-order valence-electron chi connectivity index (χ2n) is 9.46. The van der Waals surface area contributed by atoms with E-state index in [-0.39, 0.29) is 0 Å². The molecular weight excluding hydrogens is 296 g/mol. The molecule has 0 saturated heterocycles. The van der Waals surface area contributed by atoms with Crippen LogP contribution in [-0.2, 0) is 4.43 Å². The van der Waals surface area contributed by atoms with Gasteiger partial charge >= 0.3 is 0 Å². The van der Waals surface area contributed by atoms with Crippen LogP contribution in [0, 0.1) is 0 Å². The first-order valence-electron chi connectivity index (χ1n) is 8.01. The molecule has 0 heterocycles. The Balaban J connectivity index is 3.27. The van der Waals surface area contributed by atoms with Gasteiger partial charge in [0.05, 0.1) is 22.8 Å². The largest absolute Gasteiger partial charge is 0.423 e. The monoisotopic (exact) mass is 332 g/mol. The second kappa shape index (κ2) is 5.55. The average molecular weight is 333 g/mol. The van der Waals surface area contributed by atoms with E-state index < -0.39 is 29.6 Å². The fourth-order valence-electron chi connectivity index (χ4n) is 5.16. The van der Waals surface area contributed by atoms with Crippen molar-refractivity contribution in [2.24, 2.45) is 0 Å². The van der Waals surface area contributed by atoms with Crippen molar-refractivity contribution < 1.29 is 4.43 Å². The maximum absolute atomic E-state index is 7.22. The van der Waals surface area contributed by atoms with Crippen LogP contribution in [0.1, 0.15) is 25.7 Å². The van der Waals surface area contributed by atoms with Gasteiger partial charge in [0.2, 0.25) is 0 Å². The van der Waals surface area contributed by atoms with Crippen molar-refractivity contribution in [2.45, 2.75) is 90.7 Å². The van der Waals surface area contributed by atoms with Crippen molar-refractivity contribution in [3.05, 3.63) is 0 Å². The zero-order chi connectivity index (χ0) is 15.1. The van der Waals surface area contributed by atoms with Crippen molar-refractivity contribution in [2.75, 3.05) is 0 Å². The zero-order valence-electron chi connectivity index (χ0n) is 14.8. The van der Waals surface area contributed by atoms with Gasteiger partial charge in [0.15, 0.2) is 6.87 Å². The number of hydrogen-bond donors (Lipinski definition) is 0. The van der Waals surface area contributed by atoms with Crippen LogP contribution < -0.4 is 0 Å². The highest BCUT2D eigenvalue weighted by Gasteiger charge is 2.64. The Hall–Kier alpha value is 0.828. The summed E-state index contributed by atoms with van der Waals surface area (Å²) in [6.07, 6.45) is 6.11. The molecule has 1 rings (SSSR count). The van der Waals surface area contributed by atoms with Crippen molar-refractivity contribution in [3.8, 4) is 0 Å². The fourth-order valence-corrected chi connectivity index (χ4v) is 99.4. The Morgan fingerprint density at radius 2 is 0.947 bits per heavy atom. The summed E-state index contributed by atoms with van der Waals surface area (Å²) in [5.74, 6) is 0. The van der Waals surface area contributed by atoms with Crippen LogP contribution >= 0.6 is 0 Å². The van der Waals surface area contributed by atoms with E-state index in [4.69, 9.17) is 4.43 Å². The van der Waals surface area contributed by atoms with Gasteiger partial charge in [-0.25, -0.2) is 0 Å². The first-order chi connectivity index (χ1) is 8.33. The molecule has 1 nitrogen and oxygen atoms in total.